The molecule has 2 rings (SSSR count). The van der Waals surface area contributed by atoms with Crippen molar-refractivity contribution in [3.05, 3.63) is 35.9 Å². The summed E-state index contributed by atoms with van der Waals surface area (Å²) in [5.41, 5.74) is 1.48. The van der Waals surface area contributed by atoms with Crippen LogP contribution in [0.25, 0.3) is 0 Å². The standard InChI is InChI=1S/C14H19NO2/c1-16-13-4-2-3-5-14(13)17-11-8-12-6-9-15-10-7-12/h2-6,15H,7-11H2,1H3. The molecule has 0 aromatic heterocycles. The fourth-order valence-electron chi connectivity index (χ4n) is 1.93. The molecule has 0 spiro atoms. The first kappa shape index (κ1) is 12.0. The van der Waals surface area contributed by atoms with Gasteiger partial charge < -0.3 is 14.8 Å². The Hall–Kier alpha value is -1.48. The van der Waals surface area contributed by atoms with E-state index in [0.717, 1.165) is 37.4 Å². The van der Waals surface area contributed by atoms with Gasteiger partial charge in [0.25, 0.3) is 0 Å². The minimum atomic E-state index is 0.714. The summed E-state index contributed by atoms with van der Waals surface area (Å²) in [5.74, 6) is 1.62. The van der Waals surface area contributed by atoms with E-state index in [1.165, 1.54) is 5.57 Å². The second kappa shape index (κ2) is 6.30. The molecule has 92 valence electrons. The third-order valence-corrected chi connectivity index (χ3v) is 2.91. The fraction of sp³-hybridized carbons (Fsp3) is 0.429. The maximum Gasteiger partial charge on any atom is 0.161 e. The topological polar surface area (TPSA) is 30.5 Å². The summed E-state index contributed by atoms with van der Waals surface area (Å²) in [6.45, 7) is 2.79. The molecule has 0 amide bonds. The van der Waals surface area contributed by atoms with Crippen LogP contribution in [-0.4, -0.2) is 26.8 Å². The first-order valence-corrected chi connectivity index (χ1v) is 6.04. The van der Waals surface area contributed by atoms with E-state index < -0.39 is 0 Å². The first-order valence-electron chi connectivity index (χ1n) is 6.04. The number of benzene rings is 1. The molecule has 0 aliphatic carbocycles. The monoisotopic (exact) mass is 233 g/mol. The Kier molecular flexibility index (Phi) is 4.45. The summed E-state index contributed by atoms with van der Waals surface area (Å²) >= 11 is 0. The van der Waals surface area contributed by atoms with Gasteiger partial charge in [0.15, 0.2) is 11.5 Å². The van der Waals surface area contributed by atoms with Crippen LogP contribution >= 0.6 is 0 Å². The molecule has 0 saturated heterocycles. The molecule has 17 heavy (non-hydrogen) atoms. The van der Waals surface area contributed by atoms with Crippen molar-refractivity contribution in [3.8, 4) is 11.5 Å². The van der Waals surface area contributed by atoms with E-state index in [4.69, 9.17) is 9.47 Å². The van der Waals surface area contributed by atoms with Gasteiger partial charge in [-0.2, -0.15) is 0 Å². The lowest BCUT2D eigenvalue weighted by atomic mass is 10.1. The molecule has 0 atom stereocenters. The highest BCUT2D eigenvalue weighted by atomic mass is 16.5. The summed E-state index contributed by atoms with van der Waals surface area (Å²) in [4.78, 5) is 0. The van der Waals surface area contributed by atoms with E-state index in [-0.39, 0.29) is 0 Å². The van der Waals surface area contributed by atoms with Crippen molar-refractivity contribution in [1.82, 2.24) is 5.32 Å². The molecule has 0 saturated carbocycles. The largest absolute Gasteiger partial charge is 0.493 e. The van der Waals surface area contributed by atoms with Crippen LogP contribution in [0.2, 0.25) is 0 Å². The second-order valence-corrected chi connectivity index (χ2v) is 4.07. The number of methoxy groups -OCH3 is 1. The van der Waals surface area contributed by atoms with Crippen molar-refractivity contribution in [2.45, 2.75) is 12.8 Å². The van der Waals surface area contributed by atoms with E-state index in [1.807, 2.05) is 24.3 Å². The molecule has 0 fully saturated rings. The van der Waals surface area contributed by atoms with Crippen LogP contribution in [0, 0.1) is 0 Å². The molecule has 0 unspecified atom stereocenters. The Morgan fingerprint density at radius 2 is 2.06 bits per heavy atom. The van der Waals surface area contributed by atoms with Crippen LogP contribution in [0.15, 0.2) is 35.9 Å². The van der Waals surface area contributed by atoms with Crippen molar-refractivity contribution < 1.29 is 9.47 Å². The van der Waals surface area contributed by atoms with E-state index in [0.29, 0.717) is 6.61 Å². The molecule has 1 heterocycles. The number of ether oxygens (including phenoxy) is 2. The lowest BCUT2D eigenvalue weighted by Gasteiger charge is -2.15. The van der Waals surface area contributed by atoms with Gasteiger partial charge in [0.2, 0.25) is 0 Å². The first-order chi connectivity index (χ1) is 8.40. The van der Waals surface area contributed by atoms with Gasteiger partial charge in [-0.1, -0.05) is 23.8 Å². The molecule has 1 aliphatic heterocycles. The van der Waals surface area contributed by atoms with Crippen LogP contribution in [0.3, 0.4) is 0 Å². The van der Waals surface area contributed by atoms with Crippen molar-refractivity contribution in [3.63, 3.8) is 0 Å². The highest BCUT2D eigenvalue weighted by molar-refractivity contribution is 5.39. The Balaban J connectivity index is 1.83. The van der Waals surface area contributed by atoms with Gasteiger partial charge in [0.1, 0.15) is 0 Å². The van der Waals surface area contributed by atoms with Gasteiger partial charge in [-0.3, -0.25) is 0 Å². The Morgan fingerprint density at radius 3 is 2.76 bits per heavy atom. The number of hydrogen-bond donors (Lipinski definition) is 1. The third kappa shape index (κ3) is 3.49. The maximum absolute atomic E-state index is 5.74. The summed E-state index contributed by atoms with van der Waals surface area (Å²) < 4.78 is 11.0. The van der Waals surface area contributed by atoms with Crippen LogP contribution in [0.5, 0.6) is 11.5 Å². The minimum Gasteiger partial charge on any atom is -0.493 e. The normalized spacial score (nSPS) is 15.2. The number of hydrogen-bond acceptors (Lipinski definition) is 3. The predicted molar refractivity (Wildman–Crippen MR) is 68.7 cm³/mol. The molecule has 3 heteroatoms. The maximum atomic E-state index is 5.74. The molecular formula is C14H19NO2. The van der Waals surface area contributed by atoms with E-state index >= 15 is 0 Å². The van der Waals surface area contributed by atoms with Gasteiger partial charge in [-0.15, -0.1) is 0 Å². The van der Waals surface area contributed by atoms with Crippen LogP contribution in [0.4, 0.5) is 0 Å². The minimum absolute atomic E-state index is 0.714. The van der Waals surface area contributed by atoms with E-state index in [2.05, 4.69) is 11.4 Å². The van der Waals surface area contributed by atoms with Crippen molar-refractivity contribution in [1.29, 1.82) is 0 Å². The predicted octanol–water partition coefficient (Wildman–Crippen LogP) is 2.38. The number of para-hydroxylation sites is 2. The van der Waals surface area contributed by atoms with Gasteiger partial charge in [-0.25, -0.2) is 0 Å². The molecule has 1 aliphatic rings. The van der Waals surface area contributed by atoms with Gasteiger partial charge in [-0.05, 0) is 25.1 Å². The van der Waals surface area contributed by atoms with E-state index in [1.54, 1.807) is 7.11 Å². The summed E-state index contributed by atoms with van der Waals surface area (Å²) in [5, 5.41) is 3.30. The van der Waals surface area contributed by atoms with Crippen LogP contribution in [-0.2, 0) is 0 Å². The highest BCUT2D eigenvalue weighted by Crippen LogP contribution is 2.26. The average molecular weight is 233 g/mol. The fourth-order valence-corrected chi connectivity index (χ4v) is 1.93. The van der Waals surface area contributed by atoms with Crippen molar-refractivity contribution in [2.75, 3.05) is 26.8 Å². The number of nitrogens with one attached hydrogen (secondary N) is 1. The van der Waals surface area contributed by atoms with Crippen LogP contribution in [0.1, 0.15) is 12.8 Å². The quantitative estimate of drug-likeness (QED) is 0.792. The zero-order valence-corrected chi connectivity index (χ0v) is 10.2. The molecule has 0 bridgehead atoms. The smallest absolute Gasteiger partial charge is 0.161 e. The summed E-state index contributed by atoms with van der Waals surface area (Å²) in [6, 6.07) is 7.76. The van der Waals surface area contributed by atoms with Gasteiger partial charge >= 0.3 is 0 Å². The average Bonchev–Trinajstić information content (AvgIpc) is 2.40. The second-order valence-electron chi connectivity index (χ2n) is 4.07. The lowest BCUT2D eigenvalue weighted by molar-refractivity contribution is 0.296. The Bertz CT molecular complexity index is 388. The molecule has 1 aromatic rings. The Labute approximate surface area is 102 Å². The third-order valence-electron chi connectivity index (χ3n) is 2.91. The van der Waals surface area contributed by atoms with Crippen LogP contribution < -0.4 is 14.8 Å². The highest BCUT2D eigenvalue weighted by Gasteiger charge is 2.05. The van der Waals surface area contributed by atoms with Gasteiger partial charge in [0.05, 0.1) is 13.7 Å². The SMILES string of the molecule is COc1ccccc1OCCC1=CCNCC1. The zero-order chi connectivity index (χ0) is 11.9. The molecule has 1 aromatic carbocycles. The zero-order valence-electron chi connectivity index (χ0n) is 10.2. The Morgan fingerprint density at radius 1 is 1.24 bits per heavy atom. The molecule has 1 N–H and O–H groups in total. The van der Waals surface area contributed by atoms with E-state index in [9.17, 15) is 0 Å². The van der Waals surface area contributed by atoms with Gasteiger partial charge in [0, 0.05) is 13.0 Å². The molecule has 0 radical (unpaired) electrons. The molecule has 3 nitrogen and oxygen atoms in total. The number of rotatable bonds is 5. The summed E-state index contributed by atoms with van der Waals surface area (Å²) in [6.07, 6.45) is 4.39. The van der Waals surface area contributed by atoms with Crippen molar-refractivity contribution >= 4 is 0 Å². The van der Waals surface area contributed by atoms with Crippen molar-refractivity contribution in [2.24, 2.45) is 0 Å². The summed E-state index contributed by atoms with van der Waals surface area (Å²) in [7, 11) is 1.66. The lowest BCUT2D eigenvalue weighted by Crippen LogP contribution is -2.21. The molecular weight excluding hydrogens is 214 g/mol.